The second-order valence-corrected chi connectivity index (χ2v) is 5.69. The van der Waals surface area contributed by atoms with Crippen LogP contribution in [-0.4, -0.2) is 53.1 Å². The van der Waals surface area contributed by atoms with Gasteiger partial charge in [0.2, 0.25) is 0 Å². The molecule has 0 spiro atoms. The molecular formula is C15H16F3N5. The van der Waals surface area contributed by atoms with Crippen LogP contribution in [-0.2, 0) is 6.18 Å². The Morgan fingerprint density at radius 2 is 1.78 bits per heavy atom. The van der Waals surface area contributed by atoms with E-state index in [-0.39, 0.29) is 5.82 Å². The zero-order valence-corrected chi connectivity index (χ0v) is 12.7. The third-order valence-corrected chi connectivity index (χ3v) is 3.86. The molecule has 0 aliphatic carbocycles. The highest BCUT2D eigenvalue weighted by Gasteiger charge is 2.36. The van der Waals surface area contributed by atoms with Crippen LogP contribution in [0.5, 0.6) is 0 Å². The lowest BCUT2D eigenvalue weighted by Gasteiger charge is -2.43. The normalized spacial score (nSPS) is 15.8. The lowest BCUT2D eigenvalue weighted by Crippen LogP contribution is -2.57. The first-order valence-electron chi connectivity index (χ1n) is 7.12. The Bertz CT molecular complexity index is 681. The molecule has 1 fully saturated rings. The third kappa shape index (κ3) is 3.26. The fourth-order valence-electron chi connectivity index (χ4n) is 2.34. The maximum absolute atomic E-state index is 13.1. The van der Waals surface area contributed by atoms with Gasteiger partial charge in [0.15, 0.2) is 11.5 Å². The molecule has 122 valence electrons. The summed E-state index contributed by atoms with van der Waals surface area (Å²) >= 11 is 0. The maximum Gasteiger partial charge on any atom is 0.433 e. The number of halogens is 3. The SMILES string of the molecule is CN(C)C1CN(c2cc(C(F)(F)F)nc(-c3ccncc3)n2)C1. The van der Waals surface area contributed by atoms with Crippen molar-refractivity contribution < 1.29 is 13.2 Å². The highest BCUT2D eigenvalue weighted by Crippen LogP contribution is 2.32. The largest absolute Gasteiger partial charge is 0.433 e. The monoisotopic (exact) mass is 323 g/mol. The van der Waals surface area contributed by atoms with Crippen molar-refractivity contribution in [1.82, 2.24) is 19.9 Å². The molecule has 0 aromatic carbocycles. The van der Waals surface area contributed by atoms with Gasteiger partial charge in [0.1, 0.15) is 5.82 Å². The fourth-order valence-corrected chi connectivity index (χ4v) is 2.34. The van der Waals surface area contributed by atoms with Gasteiger partial charge in [-0.1, -0.05) is 0 Å². The molecule has 0 atom stereocenters. The van der Waals surface area contributed by atoms with Crippen molar-refractivity contribution in [1.29, 1.82) is 0 Å². The molecule has 0 radical (unpaired) electrons. The van der Waals surface area contributed by atoms with Gasteiger partial charge in [0.05, 0.1) is 0 Å². The first kappa shape index (κ1) is 15.7. The summed E-state index contributed by atoms with van der Waals surface area (Å²) in [5.41, 5.74) is -0.417. The summed E-state index contributed by atoms with van der Waals surface area (Å²) in [4.78, 5) is 15.7. The zero-order chi connectivity index (χ0) is 16.6. The molecule has 0 saturated carbocycles. The molecule has 0 amide bonds. The van der Waals surface area contributed by atoms with Crippen LogP contribution in [0.2, 0.25) is 0 Å². The number of hydrogen-bond donors (Lipinski definition) is 0. The van der Waals surface area contributed by atoms with Crippen LogP contribution >= 0.6 is 0 Å². The number of hydrogen-bond acceptors (Lipinski definition) is 5. The molecule has 1 saturated heterocycles. The van der Waals surface area contributed by atoms with Gasteiger partial charge in [0.25, 0.3) is 0 Å². The molecule has 5 nitrogen and oxygen atoms in total. The number of nitrogens with zero attached hydrogens (tertiary/aromatic N) is 5. The quantitative estimate of drug-likeness (QED) is 0.867. The lowest BCUT2D eigenvalue weighted by atomic mass is 10.1. The van der Waals surface area contributed by atoms with Crippen molar-refractivity contribution in [2.75, 3.05) is 32.1 Å². The summed E-state index contributed by atoms with van der Waals surface area (Å²) in [6.07, 6.45) is -1.50. The number of aromatic nitrogens is 3. The maximum atomic E-state index is 13.1. The van der Waals surface area contributed by atoms with Gasteiger partial charge in [-0.3, -0.25) is 4.98 Å². The summed E-state index contributed by atoms with van der Waals surface area (Å²) < 4.78 is 39.4. The predicted octanol–water partition coefficient (Wildman–Crippen LogP) is 2.31. The second kappa shape index (κ2) is 5.77. The van der Waals surface area contributed by atoms with Crippen molar-refractivity contribution in [2.45, 2.75) is 12.2 Å². The molecule has 0 N–H and O–H groups in total. The van der Waals surface area contributed by atoms with E-state index in [0.717, 1.165) is 6.07 Å². The van der Waals surface area contributed by atoms with E-state index in [2.05, 4.69) is 15.0 Å². The first-order chi connectivity index (χ1) is 10.8. The Morgan fingerprint density at radius 3 is 2.35 bits per heavy atom. The lowest BCUT2D eigenvalue weighted by molar-refractivity contribution is -0.141. The summed E-state index contributed by atoms with van der Waals surface area (Å²) in [6, 6.07) is 4.52. The van der Waals surface area contributed by atoms with Crippen molar-refractivity contribution >= 4 is 5.82 Å². The number of anilines is 1. The van der Waals surface area contributed by atoms with Crippen molar-refractivity contribution in [2.24, 2.45) is 0 Å². The molecule has 8 heteroatoms. The molecule has 1 aliphatic rings. The number of pyridine rings is 1. The minimum atomic E-state index is -4.51. The van der Waals surface area contributed by atoms with E-state index < -0.39 is 11.9 Å². The van der Waals surface area contributed by atoms with Gasteiger partial charge in [-0.25, -0.2) is 9.97 Å². The standard InChI is InChI=1S/C15H16F3N5/c1-22(2)11-8-23(9-11)13-7-12(15(16,17)18)20-14(21-13)10-3-5-19-6-4-10/h3-7,11H,8-9H2,1-2H3. The van der Waals surface area contributed by atoms with Crippen molar-refractivity contribution in [3.63, 3.8) is 0 Å². The van der Waals surface area contributed by atoms with Crippen LogP contribution < -0.4 is 4.90 Å². The number of likely N-dealkylation sites (N-methyl/N-ethyl adjacent to an activating group) is 1. The highest BCUT2D eigenvalue weighted by molar-refractivity contribution is 5.58. The van der Waals surface area contributed by atoms with Gasteiger partial charge in [-0.15, -0.1) is 0 Å². The summed E-state index contributed by atoms with van der Waals surface area (Å²) in [6.45, 7) is 1.30. The fraction of sp³-hybridized carbons (Fsp3) is 0.400. The summed E-state index contributed by atoms with van der Waals surface area (Å²) in [5, 5.41) is 0. The second-order valence-electron chi connectivity index (χ2n) is 5.69. The van der Waals surface area contributed by atoms with Crippen molar-refractivity contribution in [3.8, 4) is 11.4 Å². The Kier molecular flexibility index (Phi) is 3.93. The van der Waals surface area contributed by atoms with E-state index in [0.29, 0.717) is 30.5 Å². The average molecular weight is 323 g/mol. The smallest absolute Gasteiger partial charge is 0.353 e. The molecular weight excluding hydrogens is 307 g/mol. The number of rotatable bonds is 3. The van der Waals surface area contributed by atoms with E-state index in [1.807, 2.05) is 23.9 Å². The minimum Gasteiger partial charge on any atom is -0.353 e. The van der Waals surface area contributed by atoms with Gasteiger partial charge in [0, 0.05) is 43.2 Å². The van der Waals surface area contributed by atoms with Gasteiger partial charge in [-0.2, -0.15) is 13.2 Å². The van der Waals surface area contributed by atoms with Crippen LogP contribution in [0.4, 0.5) is 19.0 Å². The van der Waals surface area contributed by atoms with Crippen molar-refractivity contribution in [3.05, 3.63) is 36.3 Å². The van der Waals surface area contributed by atoms with Crippen LogP contribution in [0.1, 0.15) is 5.69 Å². The highest BCUT2D eigenvalue weighted by atomic mass is 19.4. The Labute approximate surface area is 131 Å². The summed E-state index contributed by atoms with van der Waals surface area (Å²) in [5.74, 6) is 0.364. The van der Waals surface area contributed by atoms with E-state index in [4.69, 9.17) is 0 Å². The van der Waals surface area contributed by atoms with E-state index in [1.54, 1.807) is 12.1 Å². The van der Waals surface area contributed by atoms with E-state index >= 15 is 0 Å². The van der Waals surface area contributed by atoms with E-state index in [9.17, 15) is 13.2 Å². The van der Waals surface area contributed by atoms with Gasteiger partial charge >= 0.3 is 6.18 Å². The predicted molar refractivity (Wildman–Crippen MR) is 80.0 cm³/mol. The number of alkyl halides is 3. The molecule has 0 unspecified atom stereocenters. The molecule has 1 aliphatic heterocycles. The summed E-state index contributed by atoms with van der Waals surface area (Å²) in [7, 11) is 3.90. The Balaban J connectivity index is 1.97. The van der Waals surface area contributed by atoms with E-state index in [1.165, 1.54) is 12.4 Å². The molecule has 3 heterocycles. The Hall–Kier alpha value is -2.22. The third-order valence-electron chi connectivity index (χ3n) is 3.86. The molecule has 2 aromatic rings. The molecule has 3 rings (SSSR count). The first-order valence-corrected chi connectivity index (χ1v) is 7.12. The zero-order valence-electron chi connectivity index (χ0n) is 12.7. The molecule has 23 heavy (non-hydrogen) atoms. The van der Waals surface area contributed by atoms with Crippen LogP contribution in [0.3, 0.4) is 0 Å². The van der Waals surface area contributed by atoms with Crippen LogP contribution in [0.15, 0.2) is 30.6 Å². The Morgan fingerprint density at radius 1 is 1.13 bits per heavy atom. The minimum absolute atomic E-state index is 0.0607. The van der Waals surface area contributed by atoms with Crippen LogP contribution in [0.25, 0.3) is 11.4 Å². The van der Waals surface area contributed by atoms with Gasteiger partial charge < -0.3 is 9.80 Å². The van der Waals surface area contributed by atoms with Gasteiger partial charge in [-0.05, 0) is 26.2 Å². The van der Waals surface area contributed by atoms with Crippen LogP contribution in [0, 0.1) is 0 Å². The molecule has 0 bridgehead atoms. The average Bonchev–Trinajstić information content (AvgIpc) is 2.45. The topological polar surface area (TPSA) is 45.2 Å². The molecule has 2 aromatic heterocycles.